The monoisotopic (exact) mass is 443 g/mol. The largest absolute Gasteiger partial charge is 0.497 e. The number of nitrogens with zero attached hydrogens (tertiary/aromatic N) is 3. The van der Waals surface area contributed by atoms with Crippen LogP contribution in [-0.2, 0) is 6.54 Å². The number of methoxy groups -OCH3 is 1. The molecule has 0 saturated carbocycles. The Bertz CT molecular complexity index is 1420. The fraction of sp³-hybridized carbons (Fsp3) is 0.200. The van der Waals surface area contributed by atoms with Gasteiger partial charge >= 0.3 is 5.63 Å². The van der Waals surface area contributed by atoms with Gasteiger partial charge in [0.25, 0.3) is 0 Å². The minimum Gasteiger partial charge on any atom is -0.497 e. The van der Waals surface area contributed by atoms with E-state index in [9.17, 15) is 10.1 Å². The summed E-state index contributed by atoms with van der Waals surface area (Å²) in [6.45, 7) is 2.31. The second-order valence-corrected chi connectivity index (χ2v) is 8.86. The second-order valence-electron chi connectivity index (χ2n) is 7.78. The van der Waals surface area contributed by atoms with Gasteiger partial charge in [-0.25, -0.2) is 4.79 Å². The third-order valence-corrected chi connectivity index (χ3v) is 6.87. The van der Waals surface area contributed by atoms with Crippen LogP contribution in [0, 0.1) is 11.3 Å². The van der Waals surface area contributed by atoms with E-state index in [1.807, 2.05) is 24.3 Å². The summed E-state index contributed by atoms with van der Waals surface area (Å²) in [7, 11) is 3.68. The van der Waals surface area contributed by atoms with Crippen molar-refractivity contribution >= 4 is 33.7 Å². The van der Waals surface area contributed by atoms with Gasteiger partial charge in [-0.15, -0.1) is 11.3 Å². The van der Waals surface area contributed by atoms with Gasteiger partial charge in [0.1, 0.15) is 22.3 Å². The van der Waals surface area contributed by atoms with Crippen molar-refractivity contribution in [3.8, 4) is 22.3 Å². The van der Waals surface area contributed by atoms with Crippen LogP contribution in [0.2, 0.25) is 0 Å². The molecule has 7 heteroatoms. The van der Waals surface area contributed by atoms with Gasteiger partial charge in [0.2, 0.25) is 0 Å². The first-order valence-corrected chi connectivity index (χ1v) is 11.1. The van der Waals surface area contributed by atoms with E-state index in [0.717, 1.165) is 45.9 Å². The van der Waals surface area contributed by atoms with E-state index in [1.165, 1.54) is 11.3 Å². The molecule has 0 fully saturated rings. The van der Waals surface area contributed by atoms with Gasteiger partial charge in [0.15, 0.2) is 0 Å². The fourth-order valence-electron chi connectivity index (χ4n) is 4.16. The Morgan fingerprint density at radius 2 is 1.97 bits per heavy atom. The number of anilines is 2. The van der Waals surface area contributed by atoms with Crippen molar-refractivity contribution in [2.75, 3.05) is 37.0 Å². The van der Waals surface area contributed by atoms with E-state index in [-0.39, 0.29) is 5.63 Å². The second kappa shape index (κ2) is 8.06. The van der Waals surface area contributed by atoms with Crippen LogP contribution in [0.1, 0.15) is 10.4 Å². The lowest BCUT2D eigenvalue weighted by Gasteiger charge is -2.37. The number of nitriles is 1. The van der Waals surface area contributed by atoms with Gasteiger partial charge < -0.3 is 19.0 Å². The minimum atomic E-state index is -0.369. The molecule has 0 N–H and O–H groups in total. The number of benzene rings is 2. The maximum absolute atomic E-state index is 12.3. The van der Waals surface area contributed by atoms with Crippen molar-refractivity contribution in [2.24, 2.45) is 0 Å². The van der Waals surface area contributed by atoms with Crippen molar-refractivity contribution < 1.29 is 9.15 Å². The molecule has 160 valence electrons. The molecule has 0 unspecified atom stereocenters. The van der Waals surface area contributed by atoms with Crippen molar-refractivity contribution in [1.82, 2.24) is 0 Å². The zero-order valence-electron chi connectivity index (χ0n) is 17.8. The quantitative estimate of drug-likeness (QED) is 0.420. The molecule has 0 saturated heterocycles. The summed E-state index contributed by atoms with van der Waals surface area (Å²) in [5.74, 6) is 0.653. The molecule has 1 aliphatic heterocycles. The summed E-state index contributed by atoms with van der Waals surface area (Å²) in [5.41, 5.74) is 4.41. The molecule has 0 aliphatic carbocycles. The Morgan fingerprint density at radius 3 is 2.75 bits per heavy atom. The molecule has 6 nitrogen and oxygen atoms in total. The lowest BCUT2D eigenvalue weighted by molar-refractivity contribution is 0.414. The zero-order chi connectivity index (χ0) is 22.2. The van der Waals surface area contributed by atoms with E-state index in [0.29, 0.717) is 22.8 Å². The fourth-order valence-corrected chi connectivity index (χ4v) is 4.95. The van der Waals surface area contributed by atoms with Gasteiger partial charge in [-0.3, -0.25) is 0 Å². The third-order valence-electron chi connectivity index (χ3n) is 5.83. The number of hydrogen-bond donors (Lipinski definition) is 0. The number of hydrogen-bond acceptors (Lipinski definition) is 7. The van der Waals surface area contributed by atoms with E-state index < -0.39 is 0 Å². The maximum Gasteiger partial charge on any atom is 0.336 e. The zero-order valence-corrected chi connectivity index (χ0v) is 18.6. The summed E-state index contributed by atoms with van der Waals surface area (Å²) >= 11 is 1.49. The van der Waals surface area contributed by atoms with Crippen LogP contribution < -0.4 is 20.2 Å². The Morgan fingerprint density at radius 1 is 1.09 bits per heavy atom. The average Bonchev–Trinajstić information content (AvgIpc) is 3.29. The van der Waals surface area contributed by atoms with Crippen molar-refractivity contribution in [3.05, 3.63) is 75.5 Å². The highest BCUT2D eigenvalue weighted by Gasteiger charge is 2.22. The van der Waals surface area contributed by atoms with E-state index in [4.69, 9.17) is 9.15 Å². The number of likely N-dealkylation sites (N-methyl/N-ethyl adjacent to an activating group) is 1. The first-order valence-electron chi connectivity index (χ1n) is 10.3. The first kappa shape index (κ1) is 20.2. The van der Waals surface area contributed by atoms with Crippen molar-refractivity contribution in [3.63, 3.8) is 0 Å². The molecule has 3 heterocycles. The van der Waals surface area contributed by atoms with Gasteiger partial charge in [-0.2, -0.15) is 5.26 Å². The molecule has 0 atom stereocenters. The van der Waals surface area contributed by atoms with Crippen molar-refractivity contribution in [1.29, 1.82) is 5.26 Å². The van der Waals surface area contributed by atoms with Gasteiger partial charge in [-0.1, -0.05) is 6.07 Å². The van der Waals surface area contributed by atoms with Crippen LogP contribution in [-0.4, -0.2) is 27.2 Å². The molecule has 0 amide bonds. The predicted octanol–water partition coefficient (Wildman–Crippen LogP) is 4.86. The van der Waals surface area contributed by atoms with Gasteiger partial charge in [-0.05, 0) is 47.5 Å². The lowest BCUT2D eigenvalue weighted by atomic mass is 10.1. The first-order chi connectivity index (χ1) is 15.6. The van der Waals surface area contributed by atoms with Crippen LogP contribution >= 0.6 is 11.3 Å². The normalized spacial score (nSPS) is 13.2. The Hall–Kier alpha value is -3.76. The average molecular weight is 444 g/mol. The van der Waals surface area contributed by atoms with Gasteiger partial charge in [0.05, 0.1) is 18.5 Å². The molecular weight excluding hydrogens is 422 g/mol. The maximum atomic E-state index is 12.3. The molecule has 1 aliphatic rings. The summed E-state index contributed by atoms with van der Waals surface area (Å²) in [4.78, 5) is 18.6. The molecule has 4 aromatic rings. The molecule has 32 heavy (non-hydrogen) atoms. The Kier molecular flexibility index (Phi) is 5.08. The Labute approximate surface area is 189 Å². The van der Waals surface area contributed by atoms with Crippen LogP contribution in [0.5, 0.6) is 5.75 Å². The molecule has 0 radical (unpaired) electrons. The molecule has 2 aromatic heterocycles. The topological polar surface area (TPSA) is 69.7 Å². The minimum absolute atomic E-state index is 0.369. The number of ether oxygens (including phenoxy) is 1. The smallest absolute Gasteiger partial charge is 0.336 e. The molecule has 0 spiro atoms. The summed E-state index contributed by atoms with van der Waals surface area (Å²) in [6, 6.07) is 19.6. The summed E-state index contributed by atoms with van der Waals surface area (Å²) in [6.07, 6.45) is 0. The van der Waals surface area contributed by atoms with Crippen LogP contribution in [0.25, 0.3) is 21.4 Å². The van der Waals surface area contributed by atoms with E-state index in [1.54, 1.807) is 19.2 Å². The highest BCUT2D eigenvalue weighted by Crippen LogP contribution is 2.39. The van der Waals surface area contributed by atoms with Crippen LogP contribution in [0.15, 0.2) is 63.8 Å². The number of thiophene rings is 1. The van der Waals surface area contributed by atoms with Crippen molar-refractivity contribution in [2.45, 2.75) is 6.54 Å². The molecular formula is C25H21N3O3S. The Balaban J connectivity index is 1.56. The molecule has 0 bridgehead atoms. The highest BCUT2D eigenvalue weighted by molar-refractivity contribution is 7.16. The van der Waals surface area contributed by atoms with E-state index in [2.05, 4.69) is 41.1 Å². The standard InChI is InChI=1S/C25H21N3O3S/c1-27-9-10-28(15-17-12-25(29)31-23-13-18(30-2)4-6-20(17)23)22-11-16(3-7-21(22)27)24-8-5-19(14-26)32-24/h3-8,11-13H,9-10,15H2,1-2H3. The lowest BCUT2D eigenvalue weighted by Crippen LogP contribution is -2.38. The van der Waals surface area contributed by atoms with Crippen LogP contribution in [0.4, 0.5) is 11.4 Å². The highest BCUT2D eigenvalue weighted by atomic mass is 32.1. The molecule has 2 aromatic carbocycles. The van der Waals surface area contributed by atoms with Gasteiger partial charge in [0, 0.05) is 49.1 Å². The summed E-state index contributed by atoms with van der Waals surface area (Å²) < 4.78 is 10.7. The third kappa shape index (κ3) is 3.59. The molecule has 5 rings (SSSR count). The predicted molar refractivity (Wildman–Crippen MR) is 128 cm³/mol. The summed E-state index contributed by atoms with van der Waals surface area (Å²) in [5, 5.41) is 10.1. The number of fused-ring (bicyclic) bond motifs is 2. The number of rotatable bonds is 4. The van der Waals surface area contributed by atoms with Crippen LogP contribution in [0.3, 0.4) is 0 Å². The van der Waals surface area contributed by atoms with E-state index >= 15 is 0 Å². The SMILES string of the molecule is COc1ccc2c(CN3CCN(C)c4ccc(-c5ccc(C#N)s5)cc43)cc(=O)oc2c1.